The molecule has 1 aliphatic rings. The molecule has 0 saturated carbocycles. The van der Waals surface area contributed by atoms with Gasteiger partial charge in [-0.2, -0.15) is 4.98 Å². The fourth-order valence-corrected chi connectivity index (χ4v) is 2.24. The molecule has 0 aliphatic carbocycles. The summed E-state index contributed by atoms with van der Waals surface area (Å²) in [5.74, 6) is 1.44. The lowest BCUT2D eigenvalue weighted by Gasteiger charge is -2.32. The van der Waals surface area contributed by atoms with Gasteiger partial charge in [0.05, 0.1) is 32.2 Å². The largest absolute Gasteiger partial charge is 0.480 e. The third kappa shape index (κ3) is 3.55. The van der Waals surface area contributed by atoms with Crippen molar-refractivity contribution in [2.45, 2.75) is 18.9 Å². The monoisotopic (exact) mass is 315 g/mol. The maximum atomic E-state index is 5.73. The molecule has 2 rings (SSSR count). The lowest BCUT2D eigenvalue weighted by Crippen LogP contribution is -2.37. The zero-order chi connectivity index (χ0) is 12.8. The Morgan fingerprint density at radius 3 is 2.83 bits per heavy atom. The highest BCUT2D eigenvalue weighted by Gasteiger charge is 2.20. The van der Waals surface area contributed by atoms with E-state index in [-0.39, 0.29) is 0 Å². The van der Waals surface area contributed by atoms with Gasteiger partial charge < -0.3 is 14.4 Å². The van der Waals surface area contributed by atoms with Gasteiger partial charge in [-0.1, -0.05) is 15.9 Å². The average molecular weight is 316 g/mol. The molecular formula is C12H18BrN3O2. The number of methoxy groups -OCH3 is 1. The van der Waals surface area contributed by atoms with Crippen molar-refractivity contribution in [3.63, 3.8) is 0 Å². The minimum absolute atomic E-state index is 0.373. The van der Waals surface area contributed by atoms with E-state index in [2.05, 4.69) is 30.8 Å². The predicted molar refractivity (Wildman–Crippen MR) is 73.6 cm³/mol. The quantitative estimate of drug-likeness (QED) is 0.776. The molecule has 1 saturated heterocycles. The lowest BCUT2D eigenvalue weighted by atomic mass is 10.1. The molecule has 2 heterocycles. The molecule has 5 nitrogen and oxygen atoms in total. The van der Waals surface area contributed by atoms with Crippen LogP contribution in [0.25, 0.3) is 0 Å². The van der Waals surface area contributed by atoms with Crippen LogP contribution in [0, 0.1) is 0 Å². The zero-order valence-electron chi connectivity index (χ0n) is 10.5. The Kier molecular flexibility index (Phi) is 5.19. The lowest BCUT2D eigenvalue weighted by molar-refractivity contribution is 0.0480. The second-order valence-electron chi connectivity index (χ2n) is 4.17. The van der Waals surface area contributed by atoms with Gasteiger partial charge in [-0.05, 0) is 12.8 Å². The number of anilines is 1. The molecule has 0 aromatic carbocycles. The van der Waals surface area contributed by atoms with E-state index in [0.717, 1.165) is 43.7 Å². The number of aromatic nitrogens is 2. The molecule has 0 spiro atoms. The molecule has 1 aliphatic heterocycles. The maximum Gasteiger partial charge on any atom is 0.233 e. The number of nitrogens with zero attached hydrogens (tertiary/aromatic N) is 3. The van der Waals surface area contributed by atoms with E-state index in [9.17, 15) is 0 Å². The minimum Gasteiger partial charge on any atom is -0.480 e. The highest BCUT2D eigenvalue weighted by molar-refractivity contribution is 9.09. The van der Waals surface area contributed by atoms with Gasteiger partial charge in [0.25, 0.3) is 0 Å². The fourth-order valence-electron chi connectivity index (χ4n) is 2.05. The third-order valence-electron chi connectivity index (χ3n) is 3.01. The second-order valence-corrected chi connectivity index (χ2v) is 4.96. The number of ether oxygens (including phenoxy) is 2. The van der Waals surface area contributed by atoms with Crippen molar-refractivity contribution in [1.82, 2.24) is 9.97 Å². The summed E-state index contributed by atoms with van der Waals surface area (Å²) in [5, 5.41) is 0.897. The first kappa shape index (κ1) is 13.5. The van der Waals surface area contributed by atoms with E-state index in [0.29, 0.717) is 12.0 Å². The van der Waals surface area contributed by atoms with Crippen molar-refractivity contribution < 1.29 is 9.47 Å². The van der Waals surface area contributed by atoms with Crippen LogP contribution in [0.2, 0.25) is 0 Å². The van der Waals surface area contributed by atoms with Crippen LogP contribution in [0.3, 0.4) is 0 Å². The van der Waals surface area contributed by atoms with Gasteiger partial charge in [0.1, 0.15) is 0 Å². The van der Waals surface area contributed by atoms with E-state index in [1.54, 1.807) is 19.5 Å². The Balaban J connectivity index is 1.88. The number of alkyl halides is 1. The van der Waals surface area contributed by atoms with Crippen LogP contribution in [0.1, 0.15) is 12.8 Å². The van der Waals surface area contributed by atoms with E-state index in [4.69, 9.17) is 9.47 Å². The van der Waals surface area contributed by atoms with E-state index in [1.807, 2.05) is 0 Å². The summed E-state index contributed by atoms with van der Waals surface area (Å²) < 4.78 is 10.8. The molecule has 18 heavy (non-hydrogen) atoms. The fraction of sp³-hybridized carbons (Fsp3) is 0.667. The van der Waals surface area contributed by atoms with Crippen LogP contribution in [0.15, 0.2) is 12.4 Å². The second kappa shape index (κ2) is 6.89. The first-order valence-electron chi connectivity index (χ1n) is 6.12. The van der Waals surface area contributed by atoms with Crippen LogP contribution in [0.4, 0.5) is 5.82 Å². The summed E-state index contributed by atoms with van der Waals surface area (Å²) in [6.07, 6.45) is 5.84. The van der Waals surface area contributed by atoms with Gasteiger partial charge in [-0.3, -0.25) is 4.98 Å². The standard InChI is InChI=1S/C12H18BrN3O2/c1-17-12-9-14-8-11(15-12)16-5-2-10(3-6-16)18-7-4-13/h8-10H,2-7H2,1H3. The Morgan fingerprint density at radius 1 is 1.39 bits per heavy atom. The summed E-state index contributed by atoms with van der Waals surface area (Å²) in [7, 11) is 1.61. The maximum absolute atomic E-state index is 5.73. The van der Waals surface area contributed by atoms with Gasteiger partial charge >= 0.3 is 0 Å². The van der Waals surface area contributed by atoms with Crippen molar-refractivity contribution >= 4 is 21.7 Å². The van der Waals surface area contributed by atoms with Crippen LogP contribution >= 0.6 is 15.9 Å². The first-order chi connectivity index (χ1) is 8.83. The molecule has 0 unspecified atom stereocenters. The van der Waals surface area contributed by atoms with Crippen molar-refractivity contribution in [2.75, 3.05) is 37.0 Å². The third-order valence-corrected chi connectivity index (χ3v) is 3.33. The normalized spacial score (nSPS) is 16.9. The molecule has 1 fully saturated rings. The molecule has 0 N–H and O–H groups in total. The van der Waals surface area contributed by atoms with E-state index in [1.165, 1.54) is 0 Å². The van der Waals surface area contributed by atoms with Crippen molar-refractivity contribution in [2.24, 2.45) is 0 Å². The topological polar surface area (TPSA) is 47.5 Å². The number of halogens is 1. The highest BCUT2D eigenvalue weighted by atomic mass is 79.9. The van der Waals surface area contributed by atoms with E-state index >= 15 is 0 Å². The van der Waals surface area contributed by atoms with Crippen molar-refractivity contribution in [3.05, 3.63) is 12.4 Å². The van der Waals surface area contributed by atoms with Crippen LogP contribution < -0.4 is 9.64 Å². The van der Waals surface area contributed by atoms with E-state index < -0.39 is 0 Å². The predicted octanol–water partition coefficient (Wildman–Crippen LogP) is 1.87. The average Bonchev–Trinajstić information content (AvgIpc) is 2.46. The Labute approximate surface area is 116 Å². The smallest absolute Gasteiger partial charge is 0.233 e. The number of hydrogen-bond donors (Lipinski definition) is 0. The molecule has 0 radical (unpaired) electrons. The summed E-state index contributed by atoms with van der Waals surface area (Å²) >= 11 is 3.37. The zero-order valence-corrected chi connectivity index (χ0v) is 12.1. The number of hydrogen-bond acceptors (Lipinski definition) is 5. The molecule has 1 aromatic rings. The molecule has 6 heteroatoms. The molecule has 0 atom stereocenters. The number of piperidine rings is 1. The summed E-state index contributed by atoms with van der Waals surface area (Å²) in [6, 6.07) is 0. The van der Waals surface area contributed by atoms with Crippen molar-refractivity contribution in [3.8, 4) is 5.88 Å². The van der Waals surface area contributed by atoms with Gasteiger partial charge in [0.2, 0.25) is 5.88 Å². The minimum atomic E-state index is 0.373. The first-order valence-corrected chi connectivity index (χ1v) is 7.24. The van der Waals surface area contributed by atoms with Gasteiger partial charge in [-0.25, -0.2) is 0 Å². The Hall–Kier alpha value is -0.880. The van der Waals surface area contributed by atoms with Gasteiger partial charge in [0, 0.05) is 18.4 Å². The summed E-state index contributed by atoms with van der Waals surface area (Å²) in [6.45, 7) is 2.69. The molecule has 100 valence electrons. The molecule has 0 bridgehead atoms. The Bertz CT molecular complexity index is 370. The van der Waals surface area contributed by atoms with Gasteiger partial charge in [0.15, 0.2) is 5.82 Å². The van der Waals surface area contributed by atoms with Gasteiger partial charge in [-0.15, -0.1) is 0 Å². The molecule has 0 amide bonds. The summed E-state index contributed by atoms with van der Waals surface area (Å²) in [4.78, 5) is 10.8. The van der Waals surface area contributed by atoms with Crippen molar-refractivity contribution in [1.29, 1.82) is 0 Å². The van der Waals surface area contributed by atoms with Crippen LogP contribution in [-0.4, -0.2) is 48.2 Å². The Morgan fingerprint density at radius 2 is 2.17 bits per heavy atom. The molecular weight excluding hydrogens is 298 g/mol. The SMILES string of the molecule is COc1cncc(N2CCC(OCCBr)CC2)n1. The highest BCUT2D eigenvalue weighted by Crippen LogP contribution is 2.20. The number of rotatable bonds is 5. The van der Waals surface area contributed by atoms with Crippen LogP contribution in [0.5, 0.6) is 5.88 Å². The summed E-state index contributed by atoms with van der Waals surface area (Å²) in [5.41, 5.74) is 0. The molecule has 1 aromatic heterocycles. The van der Waals surface area contributed by atoms with Crippen LogP contribution in [-0.2, 0) is 4.74 Å².